The van der Waals surface area contributed by atoms with Gasteiger partial charge in [-0.2, -0.15) is 0 Å². The molecule has 0 fully saturated rings. The monoisotopic (exact) mass is 573 g/mol. The van der Waals surface area contributed by atoms with Crippen molar-refractivity contribution >= 4 is 31.5 Å². The Morgan fingerprint density at radius 2 is 0.953 bits per heavy atom. The number of fused-ring (bicyclic) bond motifs is 3. The minimum absolute atomic E-state index is 0.0516. The smallest absolute Gasteiger partial charge is 0.164 e. The van der Waals surface area contributed by atoms with Crippen LogP contribution in [-0.2, 0) is 0 Å². The normalized spacial score (nSPS) is 13.2. The third kappa shape index (κ3) is 4.78. The van der Waals surface area contributed by atoms with Gasteiger partial charge < -0.3 is 0 Å². The standard InChI is InChI=1S/C39H25N3S/c1-4-11-26(12-5-1)27-19-21-30(22-20-27)38-40-37(29-15-8-3-9-16-29)41-39(42-38)31-23-24-33-34-18-10-17-32(28-13-6-2-7-14-28)36(34)43-35(33)25-31/h1-25H/i10D,17D,18D,23D,24D,25D. The van der Waals surface area contributed by atoms with Crippen LogP contribution in [0.3, 0.4) is 0 Å². The Morgan fingerprint density at radius 1 is 0.442 bits per heavy atom. The van der Waals surface area contributed by atoms with Gasteiger partial charge in [0, 0.05) is 36.9 Å². The van der Waals surface area contributed by atoms with Crippen molar-refractivity contribution in [1.82, 2.24) is 15.0 Å². The second-order valence-electron chi connectivity index (χ2n) is 9.99. The number of hydrogen-bond acceptors (Lipinski definition) is 4. The first-order chi connectivity index (χ1) is 23.8. The zero-order valence-corrected chi connectivity index (χ0v) is 23.5. The maximum atomic E-state index is 9.43. The van der Waals surface area contributed by atoms with Crippen molar-refractivity contribution in [2.45, 2.75) is 0 Å². The number of thiophene rings is 1. The predicted octanol–water partition coefficient (Wildman–Crippen LogP) is 10.6. The van der Waals surface area contributed by atoms with Crippen LogP contribution in [0.4, 0.5) is 0 Å². The highest BCUT2D eigenvalue weighted by Gasteiger charge is 2.15. The fraction of sp³-hybridized carbons (Fsp3) is 0. The molecule has 0 atom stereocenters. The molecule has 0 aliphatic rings. The zero-order valence-electron chi connectivity index (χ0n) is 28.7. The summed E-state index contributed by atoms with van der Waals surface area (Å²) in [7, 11) is 0. The maximum absolute atomic E-state index is 9.43. The lowest BCUT2D eigenvalue weighted by molar-refractivity contribution is 1.07. The Kier molecular flexibility index (Phi) is 4.91. The highest BCUT2D eigenvalue weighted by atomic mass is 32.1. The van der Waals surface area contributed by atoms with Gasteiger partial charge in [0.2, 0.25) is 0 Å². The first kappa shape index (κ1) is 19.6. The van der Waals surface area contributed by atoms with Crippen molar-refractivity contribution in [2.75, 3.05) is 0 Å². The molecule has 0 amide bonds. The summed E-state index contributed by atoms with van der Waals surface area (Å²) < 4.78 is 54.9. The van der Waals surface area contributed by atoms with Gasteiger partial charge in [0.25, 0.3) is 0 Å². The molecule has 0 aliphatic heterocycles. The molecule has 0 N–H and O–H groups in total. The topological polar surface area (TPSA) is 38.7 Å². The largest absolute Gasteiger partial charge is 0.208 e. The van der Waals surface area contributed by atoms with E-state index < -0.39 is 0 Å². The molecule has 0 spiro atoms. The van der Waals surface area contributed by atoms with E-state index in [-0.39, 0.29) is 53.0 Å². The van der Waals surface area contributed by atoms with Gasteiger partial charge in [-0.3, -0.25) is 0 Å². The first-order valence-electron chi connectivity index (χ1n) is 16.8. The number of aromatic nitrogens is 3. The lowest BCUT2D eigenvalue weighted by atomic mass is 10.0. The van der Waals surface area contributed by atoms with Crippen LogP contribution < -0.4 is 0 Å². The van der Waals surface area contributed by atoms with Crippen LogP contribution in [-0.4, -0.2) is 15.0 Å². The van der Waals surface area contributed by atoms with E-state index >= 15 is 0 Å². The molecule has 0 bridgehead atoms. The highest BCUT2D eigenvalue weighted by molar-refractivity contribution is 7.26. The summed E-state index contributed by atoms with van der Waals surface area (Å²) in [6, 6.07) is 35.5. The Morgan fingerprint density at radius 3 is 1.60 bits per heavy atom. The quantitative estimate of drug-likeness (QED) is 0.206. The fourth-order valence-corrected chi connectivity index (χ4v) is 6.25. The number of benzene rings is 6. The van der Waals surface area contributed by atoms with Gasteiger partial charge in [-0.15, -0.1) is 11.3 Å². The first-order valence-corrected chi connectivity index (χ1v) is 14.6. The van der Waals surface area contributed by atoms with E-state index in [1.165, 1.54) is 11.3 Å². The summed E-state index contributed by atoms with van der Waals surface area (Å²) in [4.78, 5) is 14.4. The summed E-state index contributed by atoms with van der Waals surface area (Å²) in [5.74, 6) is 0.824. The van der Waals surface area contributed by atoms with Gasteiger partial charge >= 0.3 is 0 Å². The molecule has 8 rings (SSSR count). The number of hydrogen-bond donors (Lipinski definition) is 0. The van der Waals surface area contributed by atoms with E-state index in [1.54, 1.807) is 0 Å². The van der Waals surface area contributed by atoms with Crippen LogP contribution in [0, 0.1) is 0 Å². The van der Waals surface area contributed by atoms with Crippen molar-refractivity contribution in [2.24, 2.45) is 0 Å². The molecular weight excluding hydrogens is 543 g/mol. The predicted molar refractivity (Wildman–Crippen MR) is 180 cm³/mol. The third-order valence-corrected chi connectivity index (χ3v) is 8.39. The van der Waals surface area contributed by atoms with Gasteiger partial charge in [-0.05, 0) is 28.3 Å². The van der Waals surface area contributed by atoms with Crippen molar-refractivity contribution in [3.63, 3.8) is 0 Å². The Hall–Kier alpha value is -5.45. The fourth-order valence-electron chi connectivity index (χ4n) is 5.11. The van der Waals surface area contributed by atoms with E-state index in [9.17, 15) is 4.11 Å². The molecule has 8 aromatic rings. The van der Waals surface area contributed by atoms with E-state index in [1.807, 2.05) is 115 Å². The van der Waals surface area contributed by atoms with Crippen LogP contribution >= 0.6 is 11.3 Å². The minimum Gasteiger partial charge on any atom is -0.208 e. The Labute approximate surface area is 262 Å². The molecule has 0 aliphatic carbocycles. The molecular formula is C39H25N3S. The SMILES string of the molecule is [2H]c1c([2H])c([2H])c2c(sc3c([2H])c(-c4nc(-c5ccccc5)nc(-c5ccc(-c6ccccc6)cc5)n4)c([2H])c([2H])c32)c1-c1ccccc1. The molecule has 6 aromatic carbocycles. The van der Waals surface area contributed by atoms with Gasteiger partial charge in [-0.1, -0.05) is 145 Å². The second-order valence-corrected chi connectivity index (χ2v) is 11.0. The molecule has 2 heterocycles. The van der Waals surface area contributed by atoms with E-state index in [4.69, 9.17) is 19.1 Å². The number of rotatable bonds is 5. The van der Waals surface area contributed by atoms with Crippen molar-refractivity contribution in [3.05, 3.63) is 152 Å². The highest BCUT2D eigenvalue weighted by Crippen LogP contribution is 2.41. The van der Waals surface area contributed by atoms with E-state index in [2.05, 4.69) is 0 Å². The van der Waals surface area contributed by atoms with Gasteiger partial charge in [0.1, 0.15) is 0 Å². The number of nitrogens with zero attached hydrogens (tertiary/aromatic N) is 3. The third-order valence-electron chi connectivity index (χ3n) is 7.27. The van der Waals surface area contributed by atoms with Crippen molar-refractivity contribution in [1.29, 1.82) is 0 Å². The second kappa shape index (κ2) is 10.8. The Bertz CT molecular complexity index is 2540. The zero-order chi connectivity index (χ0) is 33.8. The maximum Gasteiger partial charge on any atom is 0.164 e. The molecule has 0 unspecified atom stereocenters. The van der Waals surface area contributed by atoms with E-state index in [0.717, 1.165) is 22.3 Å². The molecule has 2 aromatic heterocycles. The van der Waals surface area contributed by atoms with Gasteiger partial charge in [0.05, 0.1) is 8.22 Å². The van der Waals surface area contributed by atoms with Crippen LogP contribution in [0.2, 0.25) is 0 Å². The average molecular weight is 574 g/mol. The Balaban J connectivity index is 1.38. The van der Waals surface area contributed by atoms with Crippen LogP contribution in [0.1, 0.15) is 8.22 Å². The van der Waals surface area contributed by atoms with Crippen LogP contribution in [0.5, 0.6) is 0 Å². The molecule has 4 heteroatoms. The van der Waals surface area contributed by atoms with E-state index in [0.29, 0.717) is 37.6 Å². The van der Waals surface area contributed by atoms with Crippen molar-refractivity contribution in [3.8, 4) is 56.4 Å². The molecule has 0 saturated heterocycles. The molecule has 202 valence electrons. The summed E-state index contributed by atoms with van der Waals surface area (Å²) in [5.41, 5.74) is 4.83. The van der Waals surface area contributed by atoms with Crippen molar-refractivity contribution < 1.29 is 8.22 Å². The summed E-state index contributed by atoms with van der Waals surface area (Å²) >= 11 is 1.19. The summed E-state index contributed by atoms with van der Waals surface area (Å²) in [6.45, 7) is 0. The molecule has 0 radical (unpaired) electrons. The molecule has 43 heavy (non-hydrogen) atoms. The lowest BCUT2D eigenvalue weighted by Crippen LogP contribution is -2.00. The van der Waals surface area contributed by atoms with Gasteiger partial charge in [0.15, 0.2) is 17.5 Å². The molecule has 3 nitrogen and oxygen atoms in total. The average Bonchev–Trinajstić information content (AvgIpc) is 3.55. The van der Waals surface area contributed by atoms with Crippen LogP contribution in [0.25, 0.3) is 76.6 Å². The van der Waals surface area contributed by atoms with Crippen LogP contribution in [0.15, 0.2) is 152 Å². The molecule has 0 saturated carbocycles. The minimum atomic E-state index is -0.263. The summed E-state index contributed by atoms with van der Waals surface area (Å²) in [5, 5.41) is 0.557. The van der Waals surface area contributed by atoms with Gasteiger partial charge in [-0.25, -0.2) is 15.0 Å². The lowest BCUT2D eigenvalue weighted by Gasteiger charge is -2.09. The summed E-state index contributed by atoms with van der Waals surface area (Å²) in [6.07, 6.45) is 0.